The molecule has 25 heavy (non-hydrogen) atoms. The second kappa shape index (κ2) is 6.28. The van der Waals surface area contributed by atoms with Crippen molar-refractivity contribution in [1.29, 1.82) is 0 Å². The Morgan fingerprint density at radius 1 is 0.720 bits per heavy atom. The van der Waals surface area contributed by atoms with Gasteiger partial charge in [0.15, 0.2) is 0 Å². The molecule has 4 aromatic heterocycles. The fourth-order valence-electron chi connectivity index (χ4n) is 2.82. The largest absolute Gasteiger partial charge is 0.255 e. The van der Waals surface area contributed by atoms with Crippen LogP contribution >= 0.6 is 0 Å². The maximum Gasteiger partial charge on any atom is 0.0915 e. The van der Waals surface area contributed by atoms with E-state index in [-0.39, 0.29) is 0 Å². The fourth-order valence-corrected chi connectivity index (χ4v) is 2.82. The van der Waals surface area contributed by atoms with E-state index in [0.29, 0.717) is 0 Å². The van der Waals surface area contributed by atoms with Crippen LogP contribution in [0.1, 0.15) is 11.4 Å². The van der Waals surface area contributed by atoms with Crippen molar-refractivity contribution < 1.29 is 0 Å². The predicted octanol–water partition coefficient (Wildman–Crippen LogP) is 4.01. The average Bonchev–Trinajstić information content (AvgIpc) is 3.01. The molecule has 0 aliphatic rings. The molecule has 4 rings (SSSR count). The summed E-state index contributed by atoms with van der Waals surface area (Å²) in [5.74, 6) is 0. The first kappa shape index (κ1) is 15.2. The van der Waals surface area contributed by atoms with Gasteiger partial charge in [-0.25, -0.2) is 9.67 Å². The molecule has 0 atom stereocenters. The van der Waals surface area contributed by atoms with Crippen LogP contribution in [0.5, 0.6) is 0 Å². The minimum atomic E-state index is 0.798. The number of rotatable bonds is 3. The minimum absolute atomic E-state index is 0.798. The Balaban J connectivity index is 1.94. The quantitative estimate of drug-likeness (QED) is 0.570. The van der Waals surface area contributed by atoms with E-state index in [1.807, 2.05) is 67.1 Å². The SMILES string of the molecule is Cc1cc(C)n(-c2cc(-c3ccccn3)nc(-c3ccccn3)c2)n1. The number of hydrogen-bond donors (Lipinski definition) is 0. The number of nitrogens with zero attached hydrogens (tertiary/aromatic N) is 5. The van der Waals surface area contributed by atoms with Gasteiger partial charge in [0, 0.05) is 18.1 Å². The third-order valence-electron chi connectivity index (χ3n) is 3.92. The van der Waals surface area contributed by atoms with Crippen LogP contribution in [0, 0.1) is 13.8 Å². The zero-order valence-electron chi connectivity index (χ0n) is 14.1. The molecule has 0 aliphatic heterocycles. The van der Waals surface area contributed by atoms with Crippen molar-refractivity contribution in [2.75, 3.05) is 0 Å². The molecule has 122 valence electrons. The molecular formula is C20H17N5. The lowest BCUT2D eigenvalue weighted by atomic mass is 10.1. The number of hydrogen-bond acceptors (Lipinski definition) is 4. The summed E-state index contributed by atoms with van der Waals surface area (Å²) in [6.07, 6.45) is 3.54. The molecule has 0 saturated heterocycles. The van der Waals surface area contributed by atoms with E-state index >= 15 is 0 Å². The summed E-state index contributed by atoms with van der Waals surface area (Å²) >= 11 is 0. The summed E-state index contributed by atoms with van der Waals surface area (Å²) in [7, 11) is 0. The fraction of sp³-hybridized carbons (Fsp3) is 0.100. The van der Waals surface area contributed by atoms with Gasteiger partial charge in [-0.1, -0.05) is 12.1 Å². The zero-order valence-corrected chi connectivity index (χ0v) is 14.1. The van der Waals surface area contributed by atoms with Gasteiger partial charge in [-0.2, -0.15) is 5.10 Å². The highest BCUT2D eigenvalue weighted by Crippen LogP contribution is 2.25. The Hall–Kier alpha value is -3.34. The van der Waals surface area contributed by atoms with Crippen LogP contribution in [-0.4, -0.2) is 24.7 Å². The van der Waals surface area contributed by atoms with Crippen molar-refractivity contribution in [3.8, 4) is 28.5 Å². The Kier molecular flexibility index (Phi) is 3.82. The summed E-state index contributed by atoms with van der Waals surface area (Å²) < 4.78 is 1.93. The second-order valence-corrected chi connectivity index (χ2v) is 5.86. The molecule has 0 bridgehead atoms. The molecule has 0 saturated carbocycles. The van der Waals surface area contributed by atoms with Crippen molar-refractivity contribution in [2.24, 2.45) is 0 Å². The molecule has 0 spiro atoms. The number of aromatic nitrogens is 5. The van der Waals surface area contributed by atoms with Crippen LogP contribution in [0.2, 0.25) is 0 Å². The summed E-state index contributed by atoms with van der Waals surface area (Å²) in [5, 5.41) is 4.60. The Bertz CT molecular complexity index is 949. The topological polar surface area (TPSA) is 56.5 Å². The van der Waals surface area contributed by atoms with Gasteiger partial charge >= 0.3 is 0 Å². The summed E-state index contributed by atoms with van der Waals surface area (Å²) in [6.45, 7) is 4.03. The normalized spacial score (nSPS) is 10.8. The van der Waals surface area contributed by atoms with Crippen LogP contribution < -0.4 is 0 Å². The Morgan fingerprint density at radius 3 is 1.76 bits per heavy atom. The molecule has 0 amide bonds. The first-order valence-electron chi connectivity index (χ1n) is 8.09. The lowest BCUT2D eigenvalue weighted by molar-refractivity contribution is 0.832. The van der Waals surface area contributed by atoms with Crippen LogP contribution in [0.3, 0.4) is 0 Å². The Morgan fingerprint density at radius 2 is 1.32 bits per heavy atom. The molecule has 0 aromatic carbocycles. The van der Waals surface area contributed by atoms with Crippen molar-refractivity contribution in [1.82, 2.24) is 24.7 Å². The van der Waals surface area contributed by atoms with Gasteiger partial charge in [0.05, 0.1) is 34.2 Å². The lowest BCUT2D eigenvalue weighted by Crippen LogP contribution is -2.02. The van der Waals surface area contributed by atoms with Gasteiger partial charge in [-0.05, 0) is 56.3 Å². The maximum absolute atomic E-state index is 4.77. The van der Waals surface area contributed by atoms with Gasteiger partial charge < -0.3 is 0 Å². The Labute approximate surface area is 146 Å². The van der Waals surface area contributed by atoms with Crippen LogP contribution in [-0.2, 0) is 0 Å². The van der Waals surface area contributed by atoms with E-state index < -0.39 is 0 Å². The third kappa shape index (κ3) is 3.04. The van der Waals surface area contributed by atoms with Gasteiger partial charge in [-0.15, -0.1) is 0 Å². The molecule has 0 N–H and O–H groups in total. The van der Waals surface area contributed by atoms with E-state index in [1.165, 1.54) is 0 Å². The summed E-state index contributed by atoms with van der Waals surface area (Å²) in [4.78, 5) is 13.6. The molecule has 4 heterocycles. The van der Waals surface area contributed by atoms with E-state index in [4.69, 9.17) is 4.98 Å². The van der Waals surface area contributed by atoms with Gasteiger partial charge in [0.1, 0.15) is 0 Å². The maximum atomic E-state index is 4.77. The molecule has 0 radical (unpaired) electrons. The highest BCUT2D eigenvalue weighted by Gasteiger charge is 2.12. The predicted molar refractivity (Wildman–Crippen MR) is 97.3 cm³/mol. The molecule has 5 nitrogen and oxygen atoms in total. The summed E-state index contributed by atoms with van der Waals surface area (Å²) in [6, 6.07) is 17.7. The standard InChI is InChI=1S/C20H17N5/c1-14-11-15(2)25(24-14)16-12-19(17-7-3-5-9-21-17)23-20(13-16)18-8-4-6-10-22-18/h3-13H,1-2H3. The smallest absolute Gasteiger partial charge is 0.0915 e. The zero-order chi connectivity index (χ0) is 17.2. The molecule has 5 heteroatoms. The monoisotopic (exact) mass is 327 g/mol. The van der Waals surface area contributed by atoms with Crippen LogP contribution in [0.4, 0.5) is 0 Å². The van der Waals surface area contributed by atoms with E-state index in [1.54, 1.807) is 12.4 Å². The highest BCUT2D eigenvalue weighted by atomic mass is 15.3. The molecule has 0 aliphatic carbocycles. The second-order valence-electron chi connectivity index (χ2n) is 5.86. The third-order valence-corrected chi connectivity index (χ3v) is 3.92. The number of aryl methyl sites for hydroxylation is 2. The lowest BCUT2D eigenvalue weighted by Gasteiger charge is -2.10. The number of pyridine rings is 3. The van der Waals surface area contributed by atoms with Crippen molar-refractivity contribution in [2.45, 2.75) is 13.8 Å². The van der Waals surface area contributed by atoms with Crippen LogP contribution in [0.15, 0.2) is 67.0 Å². The van der Waals surface area contributed by atoms with Crippen molar-refractivity contribution >= 4 is 0 Å². The van der Waals surface area contributed by atoms with E-state index in [2.05, 4.69) is 21.1 Å². The average molecular weight is 327 g/mol. The molecule has 0 fully saturated rings. The molecule has 4 aromatic rings. The molecule has 0 unspecified atom stereocenters. The highest BCUT2D eigenvalue weighted by molar-refractivity contribution is 5.66. The van der Waals surface area contributed by atoms with E-state index in [9.17, 15) is 0 Å². The van der Waals surface area contributed by atoms with Gasteiger partial charge in [0.25, 0.3) is 0 Å². The van der Waals surface area contributed by atoms with Crippen molar-refractivity contribution in [3.05, 3.63) is 78.4 Å². The molecular weight excluding hydrogens is 310 g/mol. The van der Waals surface area contributed by atoms with Gasteiger partial charge in [-0.3, -0.25) is 9.97 Å². The van der Waals surface area contributed by atoms with Crippen molar-refractivity contribution in [3.63, 3.8) is 0 Å². The minimum Gasteiger partial charge on any atom is -0.255 e. The van der Waals surface area contributed by atoms with Crippen LogP contribution in [0.25, 0.3) is 28.5 Å². The first-order chi connectivity index (χ1) is 12.2. The van der Waals surface area contributed by atoms with E-state index in [0.717, 1.165) is 39.9 Å². The summed E-state index contributed by atoms with van der Waals surface area (Å²) in [5.41, 5.74) is 6.24. The van der Waals surface area contributed by atoms with Gasteiger partial charge in [0.2, 0.25) is 0 Å². The first-order valence-corrected chi connectivity index (χ1v) is 8.09.